The largest absolute Gasteiger partial charge is 0.481 e. The first-order valence-electron chi connectivity index (χ1n) is 4.92. The molecule has 0 aromatic rings. The van der Waals surface area contributed by atoms with Gasteiger partial charge in [-0.05, 0) is 5.92 Å². The van der Waals surface area contributed by atoms with Crippen molar-refractivity contribution in [1.29, 1.82) is 0 Å². The van der Waals surface area contributed by atoms with E-state index in [1.54, 1.807) is 0 Å². The summed E-state index contributed by atoms with van der Waals surface area (Å²) in [4.78, 5) is 21.4. The van der Waals surface area contributed by atoms with Gasteiger partial charge in [0, 0.05) is 6.54 Å². The van der Waals surface area contributed by atoms with Crippen molar-refractivity contribution in [3.63, 3.8) is 0 Å². The average Bonchev–Trinajstić information content (AvgIpc) is 2.11. The fourth-order valence-electron chi connectivity index (χ4n) is 0.884. The molecule has 0 saturated carbocycles. The summed E-state index contributed by atoms with van der Waals surface area (Å²) in [6.45, 7) is 4.19. The van der Waals surface area contributed by atoms with Crippen LogP contribution in [0.5, 0.6) is 0 Å². The van der Waals surface area contributed by atoms with Gasteiger partial charge in [0.25, 0.3) is 0 Å². The van der Waals surface area contributed by atoms with Crippen LogP contribution < -0.4 is 5.32 Å². The topological polar surface area (TPSA) is 101 Å². The third kappa shape index (κ3) is 8.22. The van der Waals surface area contributed by atoms with Crippen LogP contribution in [0, 0.1) is 5.92 Å². The van der Waals surface area contributed by atoms with Crippen LogP contribution in [0.25, 0.3) is 0 Å². The molecule has 0 bridgehead atoms. The van der Waals surface area contributed by atoms with Crippen molar-refractivity contribution in [3.8, 4) is 0 Å². The molecule has 0 atom stereocenters. The summed E-state index contributed by atoms with van der Waals surface area (Å²) in [7, 11) is -3.62. The normalized spacial score (nSPS) is 11.4. The molecule has 0 spiro atoms. The zero-order valence-electron chi connectivity index (χ0n) is 9.39. The summed E-state index contributed by atoms with van der Waals surface area (Å²) in [5.74, 6) is -2.68. The Morgan fingerprint density at radius 2 is 1.88 bits per heavy atom. The average molecular weight is 251 g/mol. The summed E-state index contributed by atoms with van der Waals surface area (Å²) in [5.41, 5.74) is 0. The van der Waals surface area contributed by atoms with Crippen molar-refractivity contribution in [2.24, 2.45) is 5.92 Å². The van der Waals surface area contributed by atoms with Crippen LogP contribution in [-0.4, -0.2) is 43.5 Å². The van der Waals surface area contributed by atoms with E-state index in [-0.39, 0.29) is 5.92 Å². The molecular formula is C9H17NO5S. The molecule has 0 saturated heterocycles. The monoisotopic (exact) mass is 251 g/mol. The molecule has 2 N–H and O–H groups in total. The number of carboxylic acid groups (broad SMARTS) is 1. The second-order valence-corrected chi connectivity index (χ2v) is 6.12. The molecule has 6 nitrogen and oxygen atoms in total. The molecular weight excluding hydrogens is 234 g/mol. The van der Waals surface area contributed by atoms with E-state index < -0.39 is 39.6 Å². The van der Waals surface area contributed by atoms with Gasteiger partial charge in [0.2, 0.25) is 5.91 Å². The summed E-state index contributed by atoms with van der Waals surface area (Å²) in [6.07, 6.45) is -0.472. The molecule has 16 heavy (non-hydrogen) atoms. The smallest absolute Gasteiger partial charge is 0.304 e. The predicted octanol–water partition coefficient (Wildman–Crippen LogP) is -0.352. The van der Waals surface area contributed by atoms with Crippen molar-refractivity contribution in [3.05, 3.63) is 0 Å². The van der Waals surface area contributed by atoms with Gasteiger partial charge in [-0.25, -0.2) is 8.42 Å². The van der Waals surface area contributed by atoms with Gasteiger partial charge in [0.1, 0.15) is 5.75 Å². The number of carboxylic acids is 1. The molecule has 1 amide bonds. The zero-order valence-corrected chi connectivity index (χ0v) is 10.2. The summed E-state index contributed by atoms with van der Waals surface area (Å²) in [6, 6.07) is 0. The van der Waals surface area contributed by atoms with E-state index >= 15 is 0 Å². The maximum atomic E-state index is 11.3. The molecule has 94 valence electrons. The molecule has 0 fully saturated rings. The fraction of sp³-hybridized carbons (Fsp3) is 0.778. The van der Waals surface area contributed by atoms with Crippen molar-refractivity contribution in [1.82, 2.24) is 5.32 Å². The minimum atomic E-state index is -3.62. The van der Waals surface area contributed by atoms with Crippen LogP contribution in [-0.2, 0) is 19.4 Å². The maximum absolute atomic E-state index is 11.3. The third-order valence-corrected chi connectivity index (χ3v) is 3.21. The van der Waals surface area contributed by atoms with Crippen LogP contribution in [0.4, 0.5) is 0 Å². The van der Waals surface area contributed by atoms with Crippen molar-refractivity contribution in [2.75, 3.05) is 18.1 Å². The lowest BCUT2D eigenvalue weighted by molar-refractivity contribution is -0.136. The molecule has 0 aromatic heterocycles. The van der Waals surface area contributed by atoms with Crippen molar-refractivity contribution >= 4 is 21.7 Å². The maximum Gasteiger partial charge on any atom is 0.304 e. The summed E-state index contributed by atoms with van der Waals surface area (Å²) >= 11 is 0. The highest BCUT2D eigenvalue weighted by molar-refractivity contribution is 7.92. The molecule has 0 radical (unpaired) electrons. The standard InChI is InChI=1S/C9H17NO5S/c1-7(2)5-10-8(11)6-16(14,15)4-3-9(12)13/h7H,3-6H2,1-2H3,(H,10,11)(H,12,13). The Bertz CT molecular complexity index is 347. The van der Waals surface area contributed by atoms with Gasteiger partial charge in [0.15, 0.2) is 9.84 Å². The van der Waals surface area contributed by atoms with Gasteiger partial charge in [-0.1, -0.05) is 13.8 Å². The first kappa shape index (κ1) is 14.9. The quantitative estimate of drug-likeness (QED) is 0.644. The van der Waals surface area contributed by atoms with Gasteiger partial charge in [-0.3, -0.25) is 9.59 Å². The predicted molar refractivity (Wildman–Crippen MR) is 58.8 cm³/mol. The lowest BCUT2D eigenvalue weighted by Crippen LogP contribution is -2.33. The summed E-state index contributed by atoms with van der Waals surface area (Å²) in [5, 5.41) is 10.8. The highest BCUT2D eigenvalue weighted by atomic mass is 32.2. The molecule has 0 unspecified atom stereocenters. The molecule has 0 aliphatic carbocycles. The highest BCUT2D eigenvalue weighted by Gasteiger charge is 2.17. The highest BCUT2D eigenvalue weighted by Crippen LogP contribution is 1.95. The Kier molecular flexibility index (Phi) is 6.02. The number of carbonyl (C=O) groups excluding carboxylic acids is 1. The minimum Gasteiger partial charge on any atom is -0.481 e. The van der Waals surface area contributed by atoms with E-state index in [1.807, 2.05) is 13.8 Å². The second kappa shape index (κ2) is 6.47. The third-order valence-electron chi connectivity index (χ3n) is 1.69. The van der Waals surface area contributed by atoms with Gasteiger partial charge in [-0.2, -0.15) is 0 Å². The van der Waals surface area contributed by atoms with E-state index in [1.165, 1.54) is 0 Å². The molecule has 0 rings (SSSR count). The lowest BCUT2D eigenvalue weighted by atomic mass is 10.2. The number of hydrogen-bond donors (Lipinski definition) is 2. The van der Waals surface area contributed by atoms with Crippen LogP contribution in [0.1, 0.15) is 20.3 Å². The van der Waals surface area contributed by atoms with E-state index in [4.69, 9.17) is 5.11 Å². The Balaban J connectivity index is 4.06. The molecule has 7 heteroatoms. The number of rotatable bonds is 7. The Hall–Kier alpha value is -1.11. The van der Waals surface area contributed by atoms with Gasteiger partial charge < -0.3 is 10.4 Å². The van der Waals surface area contributed by atoms with E-state index in [2.05, 4.69) is 5.32 Å². The number of hydrogen-bond acceptors (Lipinski definition) is 4. The molecule has 0 aliphatic rings. The Labute approximate surface area is 95.0 Å². The Morgan fingerprint density at radius 1 is 1.31 bits per heavy atom. The van der Waals surface area contributed by atoms with E-state index in [0.717, 1.165) is 0 Å². The van der Waals surface area contributed by atoms with Crippen molar-refractivity contribution in [2.45, 2.75) is 20.3 Å². The minimum absolute atomic E-state index is 0.241. The van der Waals surface area contributed by atoms with Gasteiger partial charge in [0.05, 0.1) is 12.2 Å². The van der Waals surface area contributed by atoms with Crippen molar-refractivity contribution < 1.29 is 23.1 Å². The zero-order chi connectivity index (χ0) is 12.8. The van der Waals surface area contributed by atoms with Gasteiger partial charge >= 0.3 is 5.97 Å². The molecule has 0 aliphatic heterocycles. The first-order valence-corrected chi connectivity index (χ1v) is 6.74. The van der Waals surface area contributed by atoms with Gasteiger partial charge in [-0.15, -0.1) is 0 Å². The van der Waals surface area contributed by atoms with Crippen LogP contribution >= 0.6 is 0 Å². The number of carbonyl (C=O) groups is 2. The van der Waals surface area contributed by atoms with Crippen LogP contribution in [0.15, 0.2) is 0 Å². The lowest BCUT2D eigenvalue weighted by Gasteiger charge is -2.07. The Morgan fingerprint density at radius 3 is 2.31 bits per heavy atom. The first-order chi connectivity index (χ1) is 7.23. The van der Waals surface area contributed by atoms with Crippen LogP contribution in [0.2, 0.25) is 0 Å². The van der Waals surface area contributed by atoms with Crippen LogP contribution in [0.3, 0.4) is 0 Å². The number of sulfone groups is 1. The molecule has 0 heterocycles. The van der Waals surface area contributed by atoms with E-state index in [9.17, 15) is 18.0 Å². The number of amides is 1. The fourth-order valence-corrected chi connectivity index (χ4v) is 2.02. The second-order valence-electron chi connectivity index (χ2n) is 3.93. The SMILES string of the molecule is CC(C)CNC(=O)CS(=O)(=O)CCC(=O)O. The number of aliphatic carboxylic acids is 1. The number of nitrogens with one attached hydrogen (secondary N) is 1. The van der Waals surface area contributed by atoms with E-state index in [0.29, 0.717) is 6.54 Å². The summed E-state index contributed by atoms with van der Waals surface area (Å²) < 4.78 is 22.5. The molecule has 0 aromatic carbocycles.